The van der Waals surface area contributed by atoms with Crippen LogP contribution in [0.2, 0.25) is 0 Å². The summed E-state index contributed by atoms with van der Waals surface area (Å²) in [7, 11) is 9.06. The lowest BCUT2D eigenvalue weighted by atomic mass is 10.2. The number of anilines is 3. The van der Waals surface area contributed by atoms with Crippen LogP contribution in [0.1, 0.15) is 43.5 Å². The average Bonchev–Trinajstić information content (AvgIpc) is 3.68. The number of aryl methyl sites for hydroxylation is 1. The highest BCUT2D eigenvalue weighted by atomic mass is 32.1. The summed E-state index contributed by atoms with van der Waals surface area (Å²) in [4.78, 5) is 57.9. The van der Waals surface area contributed by atoms with E-state index < -0.39 is 0 Å². The summed E-state index contributed by atoms with van der Waals surface area (Å²) in [6.07, 6.45) is 2.91. The van der Waals surface area contributed by atoms with Gasteiger partial charge in [-0.15, -0.1) is 11.3 Å². The summed E-state index contributed by atoms with van der Waals surface area (Å²) >= 11 is 1.34. The summed E-state index contributed by atoms with van der Waals surface area (Å²) < 4.78 is 2.57. The zero-order chi connectivity index (χ0) is 31.5. The van der Waals surface area contributed by atoms with Gasteiger partial charge in [-0.1, -0.05) is 0 Å². The van der Waals surface area contributed by atoms with Crippen molar-refractivity contribution in [2.75, 3.05) is 50.7 Å². The maximum absolute atomic E-state index is 13.1. The lowest BCUT2D eigenvalue weighted by molar-refractivity contribution is -0.116. The maximum Gasteiger partial charge on any atom is 0.272 e. The first-order valence-corrected chi connectivity index (χ1v) is 14.9. The smallest absolute Gasteiger partial charge is 0.272 e. The number of hydrogen-bond acceptors (Lipinski definition) is 6. The first-order chi connectivity index (χ1) is 21.0. The van der Waals surface area contributed by atoms with Gasteiger partial charge in [-0.2, -0.15) is 0 Å². The zero-order valence-electron chi connectivity index (χ0n) is 25.3. The summed E-state index contributed by atoms with van der Waals surface area (Å²) in [5.41, 5.74) is 3.43. The van der Waals surface area contributed by atoms with Crippen LogP contribution in [0.4, 0.5) is 17.1 Å². The van der Waals surface area contributed by atoms with E-state index in [1.54, 1.807) is 56.2 Å². The van der Waals surface area contributed by atoms with E-state index in [4.69, 9.17) is 0 Å². The van der Waals surface area contributed by atoms with Crippen LogP contribution in [0.5, 0.6) is 0 Å². The molecule has 0 fully saturated rings. The largest absolute Gasteiger partial charge is 0.351 e. The number of amides is 4. The van der Waals surface area contributed by atoms with E-state index in [1.165, 1.54) is 16.2 Å². The third-order valence-electron chi connectivity index (χ3n) is 7.04. The van der Waals surface area contributed by atoms with Crippen LogP contribution in [0.15, 0.2) is 60.8 Å². The van der Waals surface area contributed by atoms with Gasteiger partial charge in [0.25, 0.3) is 17.7 Å². The van der Waals surface area contributed by atoms with Crippen molar-refractivity contribution in [3.05, 3.63) is 77.1 Å². The van der Waals surface area contributed by atoms with Gasteiger partial charge in [0.15, 0.2) is 0 Å². The number of H-pyrrole nitrogens is 1. The standard InChI is InChI=1S/C32H35N7O4S/c1-37(2)12-6-7-29(40)33-21-8-10-24-19(13-21)15-25(36-24)30(41)34-22-9-11-27-20(14-22)16-28(44-27)31(42)35-23-17-26(39(5)18-23)32(43)38(3)4/h8-11,13-18,36H,6-7,12H2,1-5H3,(H,33,40)(H,34,41)(H,35,42). The second-order valence-electron chi connectivity index (χ2n) is 11.1. The number of rotatable bonds is 10. The molecule has 3 aromatic heterocycles. The Balaban J connectivity index is 1.24. The Hall–Kier alpha value is -4.94. The quantitative estimate of drug-likeness (QED) is 0.172. The number of thiophene rings is 1. The van der Waals surface area contributed by atoms with E-state index in [0.29, 0.717) is 39.7 Å². The molecule has 12 heteroatoms. The fourth-order valence-electron chi connectivity index (χ4n) is 4.81. The Morgan fingerprint density at radius 3 is 2.27 bits per heavy atom. The summed E-state index contributed by atoms with van der Waals surface area (Å²) in [5, 5.41) is 10.3. The molecule has 3 heterocycles. The van der Waals surface area contributed by atoms with Gasteiger partial charge in [-0.05, 0) is 87.0 Å². The monoisotopic (exact) mass is 613 g/mol. The second kappa shape index (κ2) is 12.7. The van der Waals surface area contributed by atoms with Crippen molar-refractivity contribution >= 4 is 73.0 Å². The minimum Gasteiger partial charge on any atom is -0.351 e. The van der Waals surface area contributed by atoms with Crippen molar-refractivity contribution in [3.63, 3.8) is 0 Å². The van der Waals surface area contributed by atoms with E-state index in [-0.39, 0.29) is 23.6 Å². The summed E-state index contributed by atoms with van der Waals surface area (Å²) in [6.45, 7) is 0.842. The molecule has 0 aliphatic carbocycles. The summed E-state index contributed by atoms with van der Waals surface area (Å²) in [6, 6.07) is 16.1. The fourth-order valence-corrected chi connectivity index (χ4v) is 5.75. The molecule has 0 atom stereocenters. The third-order valence-corrected chi connectivity index (χ3v) is 8.16. The number of benzene rings is 2. The lowest BCUT2D eigenvalue weighted by Gasteiger charge is -2.09. The molecule has 0 unspecified atom stereocenters. The van der Waals surface area contributed by atoms with Crippen LogP contribution in [-0.4, -0.2) is 77.7 Å². The van der Waals surface area contributed by atoms with Crippen LogP contribution >= 0.6 is 11.3 Å². The van der Waals surface area contributed by atoms with Crippen molar-refractivity contribution < 1.29 is 19.2 Å². The van der Waals surface area contributed by atoms with Gasteiger partial charge in [-0.25, -0.2) is 0 Å². The highest BCUT2D eigenvalue weighted by Gasteiger charge is 2.17. The molecule has 0 bridgehead atoms. The third kappa shape index (κ3) is 6.99. The Kier molecular flexibility index (Phi) is 8.83. The fraction of sp³-hybridized carbons (Fsp3) is 0.250. The van der Waals surface area contributed by atoms with E-state index in [1.807, 2.05) is 49.3 Å². The molecule has 44 heavy (non-hydrogen) atoms. The first-order valence-electron chi connectivity index (χ1n) is 14.1. The van der Waals surface area contributed by atoms with Crippen molar-refractivity contribution in [1.82, 2.24) is 19.4 Å². The molecule has 228 valence electrons. The second-order valence-corrected chi connectivity index (χ2v) is 12.2. The van der Waals surface area contributed by atoms with Crippen LogP contribution in [0.25, 0.3) is 21.0 Å². The topological polar surface area (TPSA) is 132 Å². The Morgan fingerprint density at radius 1 is 0.818 bits per heavy atom. The minimum atomic E-state index is -0.310. The number of aromatic amines is 1. The van der Waals surface area contributed by atoms with Crippen LogP contribution in [0, 0.1) is 0 Å². The molecule has 2 aromatic carbocycles. The molecule has 0 spiro atoms. The van der Waals surface area contributed by atoms with Gasteiger partial charge >= 0.3 is 0 Å². The highest BCUT2D eigenvalue weighted by Crippen LogP contribution is 2.29. The van der Waals surface area contributed by atoms with Crippen LogP contribution in [0.3, 0.4) is 0 Å². The number of carbonyl (C=O) groups is 4. The molecule has 4 amide bonds. The van der Waals surface area contributed by atoms with Crippen molar-refractivity contribution in [2.24, 2.45) is 7.05 Å². The molecule has 5 rings (SSSR count). The molecule has 11 nitrogen and oxygen atoms in total. The van der Waals surface area contributed by atoms with Crippen molar-refractivity contribution in [2.45, 2.75) is 12.8 Å². The molecule has 5 aromatic rings. The van der Waals surface area contributed by atoms with Crippen molar-refractivity contribution in [1.29, 1.82) is 0 Å². The molecule has 0 aliphatic rings. The SMILES string of the molecule is CN(C)CCCC(=O)Nc1ccc2[nH]c(C(=O)Nc3ccc4sc(C(=O)Nc5cc(C(=O)N(C)C)n(C)c5)cc4c3)cc2c1. The number of nitrogens with one attached hydrogen (secondary N) is 4. The van der Waals surface area contributed by atoms with E-state index in [2.05, 4.69) is 20.9 Å². The number of nitrogens with zero attached hydrogens (tertiary/aromatic N) is 3. The number of aromatic nitrogens is 2. The van der Waals surface area contributed by atoms with Gasteiger partial charge < -0.3 is 35.3 Å². The lowest BCUT2D eigenvalue weighted by Crippen LogP contribution is -2.23. The molecule has 0 aliphatic heterocycles. The Bertz CT molecular complexity index is 1880. The molecule has 4 N–H and O–H groups in total. The van der Waals surface area contributed by atoms with Crippen LogP contribution < -0.4 is 16.0 Å². The molecule has 0 saturated carbocycles. The summed E-state index contributed by atoms with van der Waals surface area (Å²) in [5.74, 6) is -0.796. The predicted octanol–water partition coefficient (Wildman–Crippen LogP) is 5.21. The van der Waals surface area contributed by atoms with Gasteiger partial charge in [-0.3, -0.25) is 19.2 Å². The van der Waals surface area contributed by atoms with Gasteiger partial charge in [0.05, 0.1) is 10.6 Å². The average molecular weight is 614 g/mol. The maximum atomic E-state index is 13.1. The van der Waals surface area contributed by atoms with E-state index in [0.717, 1.165) is 34.0 Å². The molecule has 0 saturated heterocycles. The Labute approximate surface area is 258 Å². The minimum absolute atomic E-state index is 0.0464. The predicted molar refractivity (Wildman–Crippen MR) is 176 cm³/mol. The van der Waals surface area contributed by atoms with Gasteiger partial charge in [0.2, 0.25) is 5.91 Å². The normalized spacial score (nSPS) is 11.2. The van der Waals surface area contributed by atoms with Gasteiger partial charge in [0, 0.05) is 60.7 Å². The molecular weight excluding hydrogens is 578 g/mol. The van der Waals surface area contributed by atoms with Crippen molar-refractivity contribution in [3.8, 4) is 0 Å². The zero-order valence-corrected chi connectivity index (χ0v) is 26.1. The number of carbonyl (C=O) groups excluding carboxylic acids is 4. The molecule has 0 radical (unpaired) electrons. The van der Waals surface area contributed by atoms with E-state index >= 15 is 0 Å². The van der Waals surface area contributed by atoms with Gasteiger partial charge in [0.1, 0.15) is 11.4 Å². The highest BCUT2D eigenvalue weighted by molar-refractivity contribution is 7.20. The molecular formula is C32H35N7O4S. The first kappa shape index (κ1) is 30.5. The number of hydrogen-bond donors (Lipinski definition) is 4. The van der Waals surface area contributed by atoms with Crippen LogP contribution in [-0.2, 0) is 11.8 Å². The Morgan fingerprint density at radius 2 is 1.52 bits per heavy atom. The number of fused-ring (bicyclic) bond motifs is 2. The van der Waals surface area contributed by atoms with E-state index in [9.17, 15) is 19.2 Å².